The first-order valence-electron chi connectivity index (χ1n) is 9.92. The van der Waals surface area contributed by atoms with Crippen molar-refractivity contribution in [1.82, 2.24) is 19.7 Å². The Morgan fingerprint density at radius 1 is 1.07 bits per heavy atom. The molecule has 2 aromatic carbocycles. The van der Waals surface area contributed by atoms with Gasteiger partial charge in [-0.25, -0.2) is 9.67 Å². The fraction of sp³-hybridized carbons (Fsp3) is 0.250. The number of aromatic nitrogens is 3. The van der Waals surface area contributed by atoms with Crippen molar-refractivity contribution < 1.29 is 9.15 Å². The van der Waals surface area contributed by atoms with E-state index in [1.54, 1.807) is 13.3 Å². The molecule has 0 aliphatic carbocycles. The number of nitrogens with zero attached hydrogens (tertiary/aromatic N) is 4. The summed E-state index contributed by atoms with van der Waals surface area (Å²) in [6.07, 6.45) is 3.73. The number of methoxy groups -OCH3 is 1. The highest BCUT2D eigenvalue weighted by Gasteiger charge is 2.14. The summed E-state index contributed by atoms with van der Waals surface area (Å²) < 4.78 is 13.2. The molecule has 4 aromatic rings. The molecular weight excluding hydrogens is 376 g/mol. The molecule has 0 radical (unpaired) electrons. The van der Waals surface area contributed by atoms with E-state index in [0.29, 0.717) is 12.4 Å². The summed E-state index contributed by atoms with van der Waals surface area (Å²) in [6.45, 7) is 5.49. The van der Waals surface area contributed by atoms with E-state index in [0.717, 1.165) is 40.6 Å². The predicted molar refractivity (Wildman–Crippen MR) is 117 cm³/mol. The lowest BCUT2D eigenvalue weighted by molar-refractivity contribution is 0.313. The Hall–Kier alpha value is -3.38. The van der Waals surface area contributed by atoms with E-state index < -0.39 is 0 Å². The van der Waals surface area contributed by atoms with Gasteiger partial charge in [0.2, 0.25) is 5.89 Å². The minimum atomic E-state index is 0.641. The molecule has 0 saturated carbocycles. The lowest BCUT2D eigenvalue weighted by Gasteiger charge is -2.16. The molecule has 0 bridgehead atoms. The molecule has 4 rings (SSSR count). The molecule has 0 aliphatic rings. The Kier molecular flexibility index (Phi) is 5.68. The number of rotatable bonds is 7. The second kappa shape index (κ2) is 8.55. The largest absolute Gasteiger partial charge is 0.496 e. The van der Waals surface area contributed by atoms with Crippen molar-refractivity contribution in [3.8, 4) is 22.9 Å². The van der Waals surface area contributed by atoms with E-state index in [1.807, 2.05) is 49.0 Å². The van der Waals surface area contributed by atoms with Gasteiger partial charge in [0.25, 0.3) is 0 Å². The topological polar surface area (TPSA) is 56.3 Å². The van der Waals surface area contributed by atoms with Gasteiger partial charge in [0.05, 0.1) is 18.5 Å². The van der Waals surface area contributed by atoms with E-state index in [-0.39, 0.29) is 0 Å². The van der Waals surface area contributed by atoms with E-state index >= 15 is 0 Å². The van der Waals surface area contributed by atoms with Crippen LogP contribution in [0.3, 0.4) is 0 Å². The van der Waals surface area contributed by atoms with Crippen LogP contribution in [0, 0.1) is 13.8 Å². The van der Waals surface area contributed by atoms with E-state index in [9.17, 15) is 0 Å². The molecule has 6 heteroatoms. The Morgan fingerprint density at radius 3 is 2.67 bits per heavy atom. The molecule has 0 fully saturated rings. The summed E-state index contributed by atoms with van der Waals surface area (Å²) in [5.74, 6) is 2.34. The molecule has 0 unspecified atom stereocenters. The van der Waals surface area contributed by atoms with Crippen LogP contribution in [0.15, 0.2) is 65.3 Å². The van der Waals surface area contributed by atoms with Crippen molar-refractivity contribution >= 4 is 0 Å². The van der Waals surface area contributed by atoms with Gasteiger partial charge in [-0.15, -0.1) is 0 Å². The smallest absolute Gasteiger partial charge is 0.226 e. The maximum Gasteiger partial charge on any atom is 0.226 e. The number of aryl methyl sites for hydroxylation is 2. The van der Waals surface area contributed by atoms with E-state index in [4.69, 9.17) is 14.1 Å². The van der Waals surface area contributed by atoms with Crippen molar-refractivity contribution in [3.05, 3.63) is 83.5 Å². The van der Waals surface area contributed by atoms with Crippen molar-refractivity contribution in [1.29, 1.82) is 0 Å². The van der Waals surface area contributed by atoms with Crippen LogP contribution in [0.2, 0.25) is 0 Å². The first kappa shape index (κ1) is 19.9. The van der Waals surface area contributed by atoms with Gasteiger partial charge in [-0.3, -0.25) is 4.90 Å². The van der Waals surface area contributed by atoms with Crippen LogP contribution in [0.1, 0.15) is 22.6 Å². The predicted octanol–water partition coefficient (Wildman–Crippen LogP) is 4.78. The second-order valence-corrected chi connectivity index (χ2v) is 7.50. The normalized spacial score (nSPS) is 11.2. The minimum Gasteiger partial charge on any atom is -0.496 e. The van der Waals surface area contributed by atoms with Crippen LogP contribution in [-0.2, 0) is 13.1 Å². The van der Waals surface area contributed by atoms with Crippen LogP contribution in [0.5, 0.6) is 5.75 Å². The monoisotopic (exact) mass is 402 g/mol. The van der Waals surface area contributed by atoms with Crippen LogP contribution in [0.25, 0.3) is 17.1 Å². The third-order valence-corrected chi connectivity index (χ3v) is 5.09. The summed E-state index contributed by atoms with van der Waals surface area (Å²) >= 11 is 0. The molecular formula is C24H26N4O2. The number of hydrogen-bond acceptors (Lipinski definition) is 5. The summed E-state index contributed by atoms with van der Waals surface area (Å²) in [5.41, 5.74) is 5.24. The minimum absolute atomic E-state index is 0.641. The molecule has 0 aliphatic heterocycles. The maximum atomic E-state index is 5.96. The molecule has 154 valence electrons. The van der Waals surface area contributed by atoms with Gasteiger partial charge in [0.1, 0.15) is 11.5 Å². The summed E-state index contributed by atoms with van der Waals surface area (Å²) in [5, 5.41) is 4.31. The zero-order valence-corrected chi connectivity index (χ0v) is 17.8. The van der Waals surface area contributed by atoms with Crippen LogP contribution in [0.4, 0.5) is 0 Å². The highest BCUT2D eigenvalue weighted by molar-refractivity contribution is 5.57. The van der Waals surface area contributed by atoms with Crippen molar-refractivity contribution in [2.24, 2.45) is 0 Å². The van der Waals surface area contributed by atoms with Gasteiger partial charge < -0.3 is 9.15 Å². The number of benzene rings is 2. The average Bonchev–Trinajstić information content (AvgIpc) is 3.39. The molecule has 0 amide bonds. The Morgan fingerprint density at radius 2 is 1.93 bits per heavy atom. The zero-order valence-electron chi connectivity index (χ0n) is 17.8. The van der Waals surface area contributed by atoms with Crippen molar-refractivity contribution in [3.63, 3.8) is 0 Å². The van der Waals surface area contributed by atoms with Gasteiger partial charge in [-0.1, -0.05) is 12.1 Å². The molecule has 0 atom stereocenters. The molecule has 6 nitrogen and oxygen atoms in total. The maximum absolute atomic E-state index is 5.96. The average molecular weight is 402 g/mol. The fourth-order valence-electron chi connectivity index (χ4n) is 3.55. The SMILES string of the molecule is COc1ccc(-c2nc(CN(C)Cc3cccc(-n4cccn4)c3)c(C)o2)cc1C. The summed E-state index contributed by atoms with van der Waals surface area (Å²) in [6, 6.07) is 16.3. The van der Waals surface area contributed by atoms with Gasteiger partial charge in [0, 0.05) is 31.0 Å². The van der Waals surface area contributed by atoms with Crippen molar-refractivity contribution in [2.45, 2.75) is 26.9 Å². The number of ether oxygens (including phenoxy) is 1. The van der Waals surface area contributed by atoms with Crippen LogP contribution < -0.4 is 4.74 Å². The van der Waals surface area contributed by atoms with Gasteiger partial charge in [-0.2, -0.15) is 5.10 Å². The summed E-state index contributed by atoms with van der Waals surface area (Å²) in [7, 11) is 3.77. The van der Waals surface area contributed by atoms with E-state index in [1.165, 1.54) is 5.56 Å². The second-order valence-electron chi connectivity index (χ2n) is 7.50. The first-order valence-corrected chi connectivity index (χ1v) is 9.92. The van der Waals surface area contributed by atoms with E-state index in [2.05, 4.69) is 41.3 Å². The number of hydrogen-bond donors (Lipinski definition) is 0. The quantitative estimate of drug-likeness (QED) is 0.445. The standard InChI is InChI=1S/C24H26N4O2/c1-17-13-20(9-10-23(17)29-4)24-26-22(18(2)30-24)16-27(3)15-19-7-5-8-21(14-19)28-12-6-11-25-28/h5-14H,15-16H2,1-4H3. The van der Waals surface area contributed by atoms with Gasteiger partial charge in [0.15, 0.2) is 0 Å². The lowest BCUT2D eigenvalue weighted by Crippen LogP contribution is -2.18. The molecule has 30 heavy (non-hydrogen) atoms. The third kappa shape index (κ3) is 4.28. The number of oxazole rings is 1. The Labute approximate surface area is 176 Å². The van der Waals surface area contributed by atoms with Crippen LogP contribution in [-0.4, -0.2) is 33.8 Å². The zero-order chi connectivity index (χ0) is 21.1. The van der Waals surface area contributed by atoms with Crippen molar-refractivity contribution in [2.75, 3.05) is 14.2 Å². The Balaban J connectivity index is 1.47. The lowest BCUT2D eigenvalue weighted by atomic mass is 10.1. The van der Waals surface area contributed by atoms with Gasteiger partial charge in [-0.05, 0) is 68.4 Å². The first-order chi connectivity index (χ1) is 14.5. The highest BCUT2D eigenvalue weighted by atomic mass is 16.5. The Bertz CT molecular complexity index is 1130. The molecule has 0 N–H and O–H groups in total. The third-order valence-electron chi connectivity index (χ3n) is 5.09. The fourth-order valence-corrected chi connectivity index (χ4v) is 3.55. The molecule has 0 saturated heterocycles. The molecule has 0 spiro atoms. The molecule has 2 heterocycles. The molecule has 2 aromatic heterocycles. The van der Waals surface area contributed by atoms with Crippen LogP contribution >= 0.6 is 0 Å². The summed E-state index contributed by atoms with van der Waals surface area (Å²) in [4.78, 5) is 6.99. The highest BCUT2D eigenvalue weighted by Crippen LogP contribution is 2.27. The van der Waals surface area contributed by atoms with Gasteiger partial charge >= 0.3 is 0 Å².